The van der Waals surface area contributed by atoms with Crippen molar-refractivity contribution in [3.05, 3.63) is 0 Å². The van der Waals surface area contributed by atoms with E-state index >= 15 is 0 Å². The predicted octanol–water partition coefficient (Wildman–Crippen LogP) is 2.78. The van der Waals surface area contributed by atoms with E-state index in [1.54, 1.807) is 0 Å². The molecule has 0 aromatic carbocycles. The van der Waals surface area contributed by atoms with Crippen molar-refractivity contribution in [2.75, 3.05) is 19.8 Å². The summed E-state index contributed by atoms with van der Waals surface area (Å²) in [6.45, 7) is 4.82. The van der Waals surface area contributed by atoms with Crippen LogP contribution in [0.5, 0.6) is 0 Å². The molecule has 0 amide bonds. The van der Waals surface area contributed by atoms with Crippen molar-refractivity contribution in [2.24, 2.45) is 5.41 Å². The van der Waals surface area contributed by atoms with Crippen LogP contribution in [0.2, 0.25) is 4.44 Å². The number of unbranched alkanes of at least 4 members (excludes halogenated alkanes) is 5. The van der Waals surface area contributed by atoms with Crippen LogP contribution in [0.15, 0.2) is 0 Å². The number of rotatable bonds is 13. The van der Waals surface area contributed by atoms with Crippen molar-refractivity contribution in [1.82, 2.24) is 0 Å². The van der Waals surface area contributed by atoms with Gasteiger partial charge in [0.2, 0.25) is 0 Å². The van der Waals surface area contributed by atoms with Crippen LogP contribution in [0.3, 0.4) is 0 Å². The van der Waals surface area contributed by atoms with Gasteiger partial charge in [-0.2, -0.15) is 0 Å². The molecule has 0 bridgehead atoms. The zero-order valence-electron chi connectivity index (χ0n) is 12.1. The molecule has 108 valence electrons. The zero-order chi connectivity index (χ0) is 13.7. The van der Waals surface area contributed by atoms with Crippen LogP contribution in [0.25, 0.3) is 0 Å². The molecule has 0 aliphatic carbocycles. The third-order valence-electron chi connectivity index (χ3n) is 3.53. The Kier molecular flexibility index (Phi) is 13.2. The molecule has 0 atom stereocenters. The van der Waals surface area contributed by atoms with Gasteiger partial charge < -0.3 is 0 Å². The summed E-state index contributed by atoms with van der Waals surface area (Å²) in [7, 11) is 0. The summed E-state index contributed by atoms with van der Waals surface area (Å²) in [6.07, 6.45) is 8.81. The van der Waals surface area contributed by atoms with E-state index in [4.69, 9.17) is 3.07 Å². The van der Waals surface area contributed by atoms with Crippen molar-refractivity contribution in [3.63, 3.8) is 0 Å². The fourth-order valence-electron chi connectivity index (χ4n) is 1.72. The Labute approximate surface area is 123 Å². The molecule has 4 heteroatoms. The van der Waals surface area contributed by atoms with Gasteiger partial charge in [0.1, 0.15) is 0 Å². The SMILES string of the molecule is CCCCCCC[CH2][Sn][O]CC(CC)(CO)CO. The fraction of sp³-hybridized carbons (Fsp3) is 1.00. The number of aliphatic hydroxyl groups excluding tert-OH is 2. The average Bonchev–Trinajstić information content (AvgIpc) is 2.42. The van der Waals surface area contributed by atoms with Crippen LogP contribution < -0.4 is 0 Å². The molecule has 0 saturated carbocycles. The maximum absolute atomic E-state index is 9.28. The Morgan fingerprint density at radius 1 is 0.944 bits per heavy atom. The summed E-state index contributed by atoms with van der Waals surface area (Å²) in [5.41, 5.74) is -0.401. The third-order valence-corrected chi connectivity index (χ3v) is 6.12. The zero-order valence-corrected chi connectivity index (χ0v) is 14.9. The number of hydrogen-bond donors (Lipinski definition) is 2. The summed E-state index contributed by atoms with van der Waals surface area (Å²) >= 11 is -0.728. The summed E-state index contributed by atoms with van der Waals surface area (Å²) in [4.78, 5) is 0. The van der Waals surface area contributed by atoms with Crippen molar-refractivity contribution < 1.29 is 13.3 Å². The van der Waals surface area contributed by atoms with Gasteiger partial charge in [0.25, 0.3) is 0 Å². The van der Waals surface area contributed by atoms with Gasteiger partial charge in [-0.1, -0.05) is 0 Å². The Morgan fingerprint density at radius 3 is 2.11 bits per heavy atom. The van der Waals surface area contributed by atoms with E-state index in [9.17, 15) is 10.2 Å². The predicted molar refractivity (Wildman–Crippen MR) is 76.8 cm³/mol. The van der Waals surface area contributed by atoms with Gasteiger partial charge in [0.05, 0.1) is 0 Å². The quantitative estimate of drug-likeness (QED) is 0.390. The summed E-state index contributed by atoms with van der Waals surface area (Å²) < 4.78 is 7.01. The molecule has 0 spiro atoms. The average molecular weight is 365 g/mol. The fourth-order valence-corrected chi connectivity index (χ4v) is 4.42. The number of hydrogen-bond acceptors (Lipinski definition) is 3. The van der Waals surface area contributed by atoms with E-state index in [1.165, 1.54) is 43.0 Å². The van der Waals surface area contributed by atoms with Gasteiger partial charge in [-0.05, 0) is 0 Å². The second-order valence-electron chi connectivity index (χ2n) is 5.12. The Balaban J connectivity index is 3.38. The maximum atomic E-state index is 9.28. The molecular weight excluding hydrogens is 335 g/mol. The molecule has 0 unspecified atom stereocenters. The summed E-state index contributed by atoms with van der Waals surface area (Å²) in [6, 6.07) is 0. The van der Waals surface area contributed by atoms with Gasteiger partial charge in [-0.25, -0.2) is 0 Å². The Morgan fingerprint density at radius 2 is 1.56 bits per heavy atom. The molecule has 2 N–H and O–H groups in total. The molecule has 0 heterocycles. The van der Waals surface area contributed by atoms with Crippen molar-refractivity contribution in [2.45, 2.75) is 63.2 Å². The molecule has 0 aromatic heterocycles. The van der Waals surface area contributed by atoms with Gasteiger partial charge >= 0.3 is 123 Å². The van der Waals surface area contributed by atoms with E-state index in [2.05, 4.69) is 6.92 Å². The molecule has 3 nitrogen and oxygen atoms in total. The van der Waals surface area contributed by atoms with Crippen molar-refractivity contribution in [3.8, 4) is 0 Å². The third kappa shape index (κ3) is 8.72. The first-order valence-electron chi connectivity index (χ1n) is 7.31. The van der Waals surface area contributed by atoms with Crippen LogP contribution in [-0.2, 0) is 3.07 Å². The summed E-state index contributed by atoms with van der Waals surface area (Å²) in [5, 5.41) is 18.6. The van der Waals surface area contributed by atoms with Crippen LogP contribution >= 0.6 is 0 Å². The van der Waals surface area contributed by atoms with Crippen LogP contribution in [0, 0.1) is 5.41 Å². The first kappa shape index (κ1) is 18.7. The van der Waals surface area contributed by atoms with Gasteiger partial charge in [-0.3, -0.25) is 0 Å². The van der Waals surface area contributed by atoms with Gasteiger partial charge in [-0.15, -0.1) is 0 Å². The number of aliphatic hydroxyl groups is 2. The topological polar surface area (TPSA) is 49.7 Å². The second kappa shape index (κ2) is 12.7. The van der Waals surface area contributed by atoms with Gasteiger partial charge in [0.15, 0.2) is 0 Å². The molecule has 0 aliphatic heterocycles. The van der Waals surface area contributed by atoms with Gasteiger partial charge in [0, 0.05) is 0 Å². The first-order chi connectivity index (χ1) is 8.74. The normalized spacial score (nSPS) is 12.0. The molecule has 18 heavy (non-hydrogen) atoms. The minimum absolute atomic E-state index is 0.0242. The minimum atomic E-state index is -0.728. The molecule has 0 saturated heterocycles. The van der Waals surface area contributed by atoms with Crippen LogP contribution in [-0.4, -0.2) is 51.6 Å². The van der Waals surface area contributed by atoms with Crippen LogP contribution in [0.4, 0.5) is 0 Å². The molecule has 2 radical (unpaired) electrons. The van der Waals surface area contributed by atoms with E-state index in [0.29, 0.717) is 6.61 Å². The molecular formula is C14H30O3Sn. The van der Waals surface area contributed by atoms with Crippen molar-refractivity contribution in [1.29, 1.82) is 0 Å². The first-order valence-corrected chi connectivity index (χ1v) is 10.5. The monoisotopic (exact) mass is 366 g/mol. The van der Waals surface area contributed by atoms with E-state index < -0.39 is 27.0 Å². The molecule has 0 aromatic rings. The standard InChI is InChI=1S/C8H17.C6H13O3.Sn/c1-3-5-7-8-6-4-2;1-2-6(3-7,4-8)5-9;/h1,3-8H2,2H3;7-8H,2-5H2,1H3;/q;-1;+1. The Bertz CT molecular complexity index is 164. The van der Waals surface area contributed by atoms with E-state index in [0.717, 1.165) is 6.42 Å². The molecule has 0 fully saturated rings. The van der Waals surface area contributed by atoms with E-state index in [-0.39, 0.29) is 13.2 Å². The second-order valence-corrected chi connectivity index (χ2v) is 8.20. The molecule has 0 aliphatic rings. The van der Waals surface area contributed by atoms with Crippen molar-refractivity contribution >= 4 is 21.6 Å². The summed E-state index contributed by atoms with van der Waals surface area (Å²) in [5.74, 6) is 0. The Hall–Kier alpha value is 0.679. The van der Waals surface area contributed by atoms with Crippen LogP contribution in [0.1, 0.15) is 58.8 Å². The molecule has 0 rings (SSSR count). The van der Waals surface area contributed by atoms with E-state index in [1.807, 2.05) is 6.92 Å².